The lowest BCUT2D eigenvalue weighted by molar-refractivity contribution is -0.124. The van der Waals surface area contributed by atoms with Crippen LogP contribution >= 0.6 is 0 Å². The number of nitriles is 1. The van der Waals surface area contributed by atoms with Gasteiger partial charge in [0.1, 0.15) is 5.92 Å². The van der Waals surface area contributed by atoms with E-state index < -0.39 is 5.92 Å². The van der Waals surface area contributed by atoms with Crippen LogP contribution in [0.2, 0.25) is 0 Å². The van der Waals surface area contributed by atoms with Gasteiger partial charge in [-0.2, -0.15) is 5.26 Å². The van der Waals surface area contributed by atoms with Crippen molar-refractivity contribution in [3.05, 3.63) is 0 Å². The summed E-state index contributed by atoms with van der Waals surface area (Å²) in [6, 6.07) is 1.96. The van der Waals surface area contributed by atoms with Crippen LogP contribution in [-0.4, -0.2) is 24.9 Å². The zero-order valence-corrected chi connectivity index (χ0v) is 10.6. The third-order valence-electron chi connectivity index (χ3n) is 2.27. The Bertz CT molecular complexity index is 284. The molecule has 0 rings (SSSR count). The summed E-state index contributed by atoms with van der Waals surface area (Å²) in [5, 5.41) is 14.1. The van der Waals surface area contributed by atoms with Gasteiger partial charge in [-0.15, -0.1) is 0 Å². The molecule has 0 bridgehead atoms. The Labute approximate surface area is 103 Å². The standard InChI is InChI=1S/C12H21N3O2/c1-3-5-10(9-13)12(17)15-8-6-11(16)14-7-4-2/h10H,3-8H2,1-2H3,(H,14,16)(H,15,17). The molecule has 0 aromatic carbocycles. The van der Waals surface area contributed by atoms with Crippen LogP contribution in [0.15, 0.2) is 0 Å². The molecule has 0 radical (unpaired) electrons. The van der Waals surface area contributed by atoms with Crippen LogP contribution in [0.25, 0.3) is 0 Å². The minimum Gasteiger partial charge on any atom is -0.356 e. The molecule has 0 saturated carbocycles. The van der Waals surface area contributed by atoms with E-state index in [4.69, 9.17) is 5.26 Å². The van der Waals surface area contributed by atoms with Crippen LogP contribution in [0.3, 0.4) is 0 Å². The molecule has 0 aromatic rings. The number of nitrogens with one attached hydrogen (secondary N) is 2. The molecule has 0 aliphatic heterocycles. The summed E-state index contributed by atoms with van der Waals surface area (Å²) in [6.45, 7) is 4.85. The number of carbonyl (C=O) groups is 2. The quantitative estimate of drug-likeness (QED) is 0.662. The predicted octanol–water partition coefficient (Wildman–Crippen LogP) is 0.959. The highest BCUT2D eigenvalue weighted by atomic mass is 16.2. The fourth-order valence-corrected chi connectivity index (χ4v) is 1.32. The second-order valence-corrected chi connectivity index (χ2v) is 3.86. The third-order valence-corrected chi connectivity index (χ3v) is 2.27. The van der Waals surface area contributed by atoms with E-state index in [1.165, 1.54) is 0 Å². The van der Waals surface area contributed by atoms with Crippen molar-refractivity contribution in [3.63, 3.8) is 0 Å². The minimum atomic E-state index is -0.598. The van der Waals surface area contributed by atoms with Crippen molar-refractivity contribution >= 4 is 11.8 Å². The second-order valence-electron chi connectivity index (χ2n) is 3.86. The van der Waals surface area contributed by atoms with Gasteiger partial charge in [0, 0.05) is 19.5 Å². The van der Waals surface area contributed by atoms with E-state index in [-0.39, 0.29) is 24.8 Å². The highest BCUT2D eigenvalue weighted by molar-refractivity contribution is 5.82. The van der Waals surface area contributed by atoms with Crippen LogP contribution < -0.4 is 10.6 Å². The average molecular weight is 239 g/mol. The summed E-state index contributed by atoms with van der Waals surface area (Å²) in [5.41, 5.74) is 0. The van der Waals surface area contributed by atoms with Crippen LogP contribution in [0.5, 0.6) is 0 Å². The normalized spacial score (nSPS) is 11.4. The first kappa shape index (κ1) is 15.4. The molecular weight excluding hydrogens is 218 g/mol. The maximum atomic E-state index is 11.5. The van der Waals surface area contributed by atoms with E-state index in [1.54, 1.807) is 0 Å². The van der Waals surface area contributed by atoms with E-state index >= 15 is 0 Å². The van der Waals surface area contributed by atoms with Crippen molar-refractivity contribution in [2.24, 2.45) is 5.92 Å². The smallest absolute Gasteiger partial charge is 0.237 e. The molecule has 5 nitrogen and oxygen atoms in total. The maximum Gasteiger partial charge on any atom is 0.237 e. The van der Waals surface area contributed by atoms with E-state index in [0.717, 1.165) is 12.8 Å². The van der Waals surface area contributed by atoms with E-state index in [2.05, 4.69) is 10.6 Å². The molecule has 96 valence electrons. The lowest BCUT2D eigenvalue weighted by Gasteiger charge is -2.09. The van der Waals surface area contributed by atoms with E-state index in [9.17, 15) is 9.59 Å². The SMILES string of the molecule is CCCNC(=O)CCNC(=O)C(C#N)CCC. The largest absolute Gasteiger partial charge is 0.356 e. The molecule has 0 aliphatic rings. The highest BCUT2D eigenvalue weighted by Gasteiger charge is 2.16. The molecular formula is C12H21N3O2. The first-order chi connectivity index (χ1) is 8.15. The molecule has 5 heteroatoms. The monoisotopic (exact) mass is 239 g/mol. The first-order valence-corrected chi connectivity index (χ1v) is 6.09. The molecule has 0 heterocycles. The van der Waals surface area contributed by atoms with E-state index in [0.29, 0.717) is 13.0 Å². The summed E-state index contributed by atoms with van der Waals surface area (Å²) >= 11 is 0. The first-order valence-electron chi connectivity index (χ1n) is 6.09. The molecule has 0 spiro atoms. The van der Waals surface area contributed by atoms with Crippen molar-refractivity contribution in [2.75, 3.05) is 13.1 Å². The Morgan fingerprint density at radius 3 is 2.41 bits per heavy atom. The van der Waals surface area contributed by atoms with Gasteiger partial charge in [-0.3, -0.25) is 9.59 Å². The van der Waals surface area contributed by atoms with Gasteiger partial charge in [0.25, 0.3) is 0 Å². The summed E-state index contributed by atoms with van der Waals surface area (Å²) in [5.74, 6) is -0.951. The van der Waals surface area contributed by atoms with Gasteiger partial charge in [-0.05, 0) is 12.8 Å². The zero-order valence-electron chi connectivity index (χ0n) is 10.6. The summed E-state index contributed by atoms with van der Waals surface area (Å²) < 4.78 is 0. The predicted molar refractivity (Wildman–Crippen MR) is 64.9 cm³/mol. The summed E-state index contributed by atoms with van der Waals surface area (Å²) in [7, 11) is 0. The van der Waals surface area contributed by atoms with Gasteiger partial charge >= 0.3 is 0 Å². The minimum absolute atomic E-state index is 0.0730. The molecule has 2 amide bonds. The average Bonchev–Trinajstić information content (AvgIpc) is 2.33. The second kappa shape index (κ2) is 9.64. The van der Waals surface area contributed by atoms with Crippen molar-refractivity contribution in [3.8, 4) is 6.07 Å². The van der Waals surface area contributed by atoms with E-state index in [1.807, 2.05) is 19.9 Å². The molecule has 2 N–H and O–H groups in total. The number of nitrogens with zero attached hydrogens (tertiary/aromatic N) is 1. The summed E-state index contributed by atoms with van der Waals surface area (Å²) in [6.07, 6.45) is 2.51. The number of carbonyl (C=O) groups excluding carboxylic acids is 2. The summed E-state index contributed by atoms with van der Waals surface area (Å²) in [4.78, 5) is 22.7. The number of amides is 2. The Hall–Kier alpha value is -1.57. The van der Waals surface area contributed by atoms with Crippen LogP contribution in [0.1, 0.15) is 39.5 Å². The molecule has 0 aromatic heterocycles. The van der Waals surface area contributed by atoms with Crippen LogP contribution in [0, 0.1) is 17.2 Å². The molecule has 1 atom stereocenters. The Kier molecular flexibility index (Phi) is 8.75. The fourth-order valence-electron chi connectivity index (χ4n) is 1.32. The molecule has 1 unspecified atom stereocenters. The van der Waals surface area contributed by atoms with Crippen molar-refractivity contribution in [2.45, 2.75) is 39.5 Å². The third kappa shape index (κ3) is 7.34. The maximum absolute atomic E-state index is 11.5. The Morgan fingerprint density at radius 2 is 1.88 bits per heavy atom. The number of rotatable bonds is 8. The van der Waals surface area contributed by atoms with Gasteiger partial charge in [0.2, 0.25) is 11.8 Å². The van der Waals surface area contributed by atoms with Crippen molar-refractivity contribution in [1.29, 1.82) is 5.26 Å². The Balaban J connectivity index is 3.77. The van der Waals surface area contributed by atoms with Crippen molar-refractivity contribution < 1.29 is 9.59 Å². The van der Waals surface area contributed by atoms with Gasteiger partial charge in [-0.25, -0.2) is 0 Å². The lowest BCUT2D eigenvalue weighted by Crippen LogP contribution is -2.34. The zero-order chi connectivity index (χ0) is 13.1. The molecule has 17 heavy (non-hydrogen) atoms. The highest BCUT2D eigenvalue weighted by Crippen LogP contribution is 2.04. The lowest BCUT2D eigenvalue weighted by atomic mass is 10.1. The topological polar surface area (TPSA) is 82.0 Å². The van der Waals surface area contributed by atoms with Crippen molar-refractivity contribution in [1.82, 2.24) is 10.6 Å². The van der Waals surface area contributed by atoms with Crippen LogP contribution in [-0.2, 0) is 9.59 Å². The van der Waals surface area contributed by atoms with Crippen LogP contribution in [0.4, 0.5) is 0 Å². The van der Waals surface area contributed by atoms with Gasteiger partial charge in [0.15, 0.2) is 0 Å². The van der Waals surface area contributed by atoms with Gasteiger partial charge in [0.05, 0.1) is 6.07 Å². The molecule has 0 fully saturated rings. The number of hydrogen-bond acceptors (Lipinski definition) is 3. The number of hydrogen-bond donors (Lipinski definition) is 2. The Morgan fingerprint density at radius 1 is 1.18 bits per heavy atom. The van der Waals surface area contributed by atoms with Gasteiger partial charge in [-0.1, -0.05) is 20.3 Å². The molecule has 0 aliphatic carbocycles. The fraction of sp³-hybridized carbons (Fsp3) is 0.750. The van der Waals surface area contributed by atoms with Gasteiger partial charge < -0.3 is 10.6 Å². The molecule has 0 saturated heterocycles.